The van der Waals surface area contributed by atoms with Gasteiger partial charge in [0.1, 0.15) is 0 Å². The molecule has 1 heterocycles. The van der Waals surface area contributed by atoms with Crippen molar-refractivity contribution in [2.24, 2.45) is 0 Å². The summed E-state index contributed by atoms with van der Waals surface area (Å²) in [7, 11) is 0. The number of rotatable bonds is 7. The van der Waals surface area contributed by atoms with Gasteiger partial charge in [-0.2, -0.15) is 0 Å². The molecule has 0 saturated heterocycles. The van der Waals surface area contributed by atoms with Gasteiger partial charge in [-0.15, -0.1) is 10.2 Å². The second kappa shape index (κ2) is 9.81. The SMILES string of the molecule is Cc1ccccc1NC(=O)CSc1nnc(-c2ccc(Cl)cc2)n1Cc1ccccc1. The molecule has 1 amide bonds. The molecule has 0 fully saturated rings. The lowest BCUT2D eigenvalue weighted by molar-refractivity contribution is -0.113. The summed E-state index contributed by atoms with van der Waals surface area (Å²) in [6.07, 6.45) is 0. The molecule has 0 aliphatic heterocycles. The number of benzene rings is 3. The quantitative estimate of drug-likeness (QED) is 0.369. The molecule has 4 aromatic rings. The Hall–Kier alpha value is -3.09. The summed E-state index contributed by atoms with van der Waals surface area (Å²) >= 11 is 7.41. The van der Waals surface area contributed by atoms with E-state index in [1.54, 1.807) is 0 Å². The van der Waals surface area contributed by atoms with Gasteiger partial charge in [-0.25, -0.2) is 0 Å². The molecule has 1 aromatic heterocycles. The van der Waals surface area contributed by atoms with E-state index >= 15 is 0 Å². The lowest BCUT2D eigenvalue weighted by atomic mass is 10.2. The van der Waals surface area contributed by atoms with Gasteiger partial charge in [0, 0.05) is 16.3 Å². The smallest absolute Gasteiger partial charge is 0.234 e. The van der Waals surface area contributed by atoms with Crippen molar-refractivity contribution < 1.29 is 4.79 Å². The highest BCUT2D eigenvalue weighted by Gasteiger charge is 2.16. The van der Waals surface area contributed by atoms with Crippen LogP contribution in [-0.2, 0) is 11.3 Å². The fourth-order valence-corrected chi connectivity index (χ4v) is 4.01. The normalized spacial score (nSPS) is 10.8. The predicted molar refractivity (Wildman–Crippen MR) is 127 cm³/mol. The minimum Gasteiger partial charge on any atom is -0.325 e. The van der Waals surface area contributed by atoms with Crippen LogP contribution in [0, 0.1) is 6.92 Å². The molecule has 0 unspecified atom stereocenters. The molecule has 0 bridgehead atoms. The first-order valence-corrected chi connectivity index (χ1v) is 11.2. The van der Waals surface area contributed by atoms with Gasteiger partial charge in [-0.05, 0) is 48.4 Å². The number of nitrogens with zero attached hydrogens (tertiary/aromatic N) is 3. The molecular formula is C24H21ClN4OS. The molecule has 7 heteroatoms. The average molecular weight is 449 g/mol. The highest BCUT2D eigenvalue weighted by atomic mass is 35.5. The zero-order valence-corrected chi connectivity index (χ0v) is 18.5. The van der Waals surface area contributed by atoms with Crippen molar-refractivity contribution >= 4 is 35.0 Å². The first kappa shape index (κ1) is 21.2. The second-order valence-corrected chi connectivity index (χ2v) is 8.42. The standard InChI is InChI=1S/C24H21ClN4OS/c1-17-7-5-6-10-21(17)26-22(30)16-31-24-28-27-23(19-11-13-20(25)14-12-19)29(24)15-18-8-3-2-4-9-18/h2-14H,15-16H2,1H3,(H,26,30). The highest BCUT2D eigenvalue weighted by Crippen LogP contribution is 2.26. The summed E-state index contributed by atoms with van der Waals surface area (Å²) < 4.78 is 2.03. The van der Waals surface area contributed by atoms with Crippen LogP contribution in [0.1, 0.15) is 11.1 Å². The number of thioether (sulfide) groups is 1. The van der Waals surface area contributed by atoms with Crippen LogP contribution in [0.15, 0.2) is 84.0 Å². The van der Waals surface area contributed by atoms with Gasteiger partial charge in [-0.3, -0.25) is 9.36 Å². The molecule has 1 N–H and O–H groups in total. The Labute approximate surface area is 190 Å². The highest BCUT2D eigenvalue weighted by molar-refractivity contribution is 7.99. The number of carbonyl (C=O) groups is 1. The van der Waals surface area contributed by atoms with Gasteiger partial charge in [0.05, 0.1) is 12.3 Å². The summed E-state index contributed by atoms with van der Waals surface area (Å²) in [6, 6.07) is 25.4. The summed E-state index contributed by atoms with van der Waals surface area (Å²) in [5, 5.41) is 13.1. The van der Waals surface area contributed by atoms with Crippen LogP contribution < -0.4 is 5.32 Å². The number of hydrogen-bond acceptors (Lipinski definition) is 4. The lowest BCUT2D eigenvalue weighted by Gasteiger charge is -2.11. The third-order valence-electron chi connectivity index (χ3n) is 4.75. The third-order valence-corrected chi connectivity index (χ3v) is 5.97. The Kier molecular flexibility index (Phi) is 6.70. The molecule has 156 valence electrons. The minimum absolute atomic E-state index is 0.0818. The van der Waals surface area contributed by atoms with Crippen LogP contribution in [-0.4, -0.2) is 26.4 Å². The van der Waals surface area contributed by atoms with E-state index < -0.39 is 0 Å². The van der Waals surface area contributed by atoms with Gasteiger partial charge in [-0.1, -0.05) is 71.9 Å². The number of nitrogens with one attached hydrogen (secondary N) is 1. The van der Waals surface area contributed by atoms with Crippen molar-refractivity contribution in [1.29, 1.82) is 0 Å². The molecule has 0 saturated carbocycles. The van der Waals surface area contributed by atoms with E-state index in [4.69, 9.17) is 11.6 Å². The fourth-order valence-electron chi connectivity index (χ4n) is 3.15. The fraction of sp³-hybridized carbons (Fsp3) is 0.125. The Morgan fingerprint density at radius 3 is 2.42 bits per heavy atom. The van der Waals surface area contributed by atoms with E-state index in [1.807, 2.05) is 78.2 Å². The number of amides is 1. The van der Waals surface area contributed by atoms with E-state index in [0.717, 1.165) is 28.2 Å². The topological polar surface area (TPSA) is 59.8 Å². The van der Waals surface area contributed by atoms with Crippen molar-refractivity contribution in [1.82, 2.24) is 14.8 Å². The van der Waals surface area contributed by atoms with E-state index in [2.05, 4.69) is 27.6 Å². The largest absolute Gasteiger partial charge is 0.325 e. The Balaban J connectivity index is 1.55. The van der Waals surface area contributed by atoms with Crippen LogP contribution in [0.5, 0.6) is 0 Å². The van der Waals surface area contributed by atoms with Crippen molar-refractivity contribution in [2.75, 3.05) is 11.1 Å². The maximum atomic E-state index is 12.5. The van der Waals surface area contributed by atoms with E-state index in [-0.39, 0.29) is 11.7 Å². The number of aromatic nitrogens is 3. The van der Waals surface area contributed by atoms with Crippen molar-refractivity contribution in [3.8, 4) is 11.4 Å². The molecular weight excluding hydrogens is 428 g/mol. The maximum absolute atomic E-state index is 12.5. The van der Waals surface area contributed by atoms with Crippen molar-refractivity contribution in [2.45, 2.75) is 18.6 Å². The Morgan fingerprint density at radius 1 is 0.968 bits per heavy atom. The second-order valence-electron chi connectivity index (χ2n) is 7.04. The zero-order chi connectivity index (χ0) is 21.6. The van der Waals surface area contributed by atoms with Gasteiger partial charge in [0.2, 0.25) is 5.91 Å². The minimum atomic E-state index is -0.0818. The monoisotopic (exact) mass is 448 g/mol. The predicted octanol–water partition coefficient (Wildman–Crippen LogP) is 5.69. The molecule has 0 aliphatic carbocycles. The number of hydrogen-bond donors (Lipinski definition) is 1. The van der Waals surface area contributed by atoms with Crippen LogP contribution in [0.4, 0.5) is 5.69 Å². The summed E-state index contributed by atoms with van der Waals surface area (Å²) in [6.45, 7) is 2.57. The van der Waals surface area contributed by atoms with E-state index in [9.17, 15) is 4.79 Å². The Morgan fingerprint density at radius 2 is 1.68 bits per heavy atom. The number of anilines is 1. The molecule has 0 atom stereocenters. The van der Waals surface area contributed by atoms with Crippen LogP contribution in [0.25, 0.3) is 11.4 Å². The first-order valence-electron chi connectivity index (χ1n) is 9.81. The Bertz CT molecular complexity index is 1180. The number of aryl methyl sites for hydroxylation is 1. The van der Waals surface area contributed by atoms with Gasteiger partial charge < -0.3 is 5.32 Å². The number of para-hydroxylation sites is 1. The van der Waals surface area contributed by atoms with Gasteiger partial charge >= 0.3 is 0 Å². The molecule has 0 spiro atoms. The first-order chi connectivity index (χ1) is 15.1. The lowest BCUT2D eigenvalue weighted by Crippen LogP contribution is -2.15. The zero-order valence-electron chi connectivity index (χ0n) is 17.0. The van der Waals surface area contributed by atoms with Crippen LogP contribution in [0.2, 0.25) is 5.02 Å². The summed E-state index contributed by atoms with van der Waals surface area (Å²) in [4.78, 5) is 12.5. The maximum Gasteiger partial charge on any atom is 0.234 e. The van der Waals surface area contributed by atoms with Crippen molar-refractivity contribution in [3.63, 3.8) is 0 Å². The van der Waals surface area contributed by atoms with E-state index in [1.165, 1.54) is 11.8 Å². The summed E-state index contributed by atoms with van der Waals surface area (Å²) in [5.74, 6) is 0.894. The number of carbonyl (C=O) groups excluding carboxylic acids is 1. The molecule has 4 rings (SSSR count). The molecule has 5 nitrogen and oxygen atoms in total. The van der Waals surface area contributed by atoms with Gasteiger partial charge in [0.25, 0.3) is 0 Å². The van der Waals surface area contributed by atoms with Crippen LogP contribution >= 0.6 is 23.4 Å². The van der Waals surface area contributed by atoms with E-state index in [0.29, 0.717) is 16.7 Å². The van der Waals surface area contributed by atoms with Crippen molar-refractivity contribution in [3.05, 3.63) is 95.0 Å². The average Bonchev–Trinajstić information content (AvgIpc) is 3.17. The molecule has 0 aliphatic rings. The molecule has 31 heavy (non-hydrogen) atoms. The molecule has 3 aromatic carbocycles. The molecule has 0 radical (unpaired) electrons. The van der Waals surface area contributed by atoms with Crippen LogP contribution in [0.3, 0.4) is 0 Å². The third kappa shape index (κ3) is 5.34. The summed E-state index contributed by atoms with van der Waals surface area (Å²) in [5.41, 5.74) is 3.89. The number of halogens is 1. The van der Waals surface area contributed by atoms with Gasteiger partial charge in [0.15, 0.2) is 11.0 Å².